The van der Waals surface area contributed by atoms with Crippen LogP contribution >= 0.6 is 11.6 Å². The van der Waals surface area contributed by atoms with Crippen LogP contribution in [0.15, 0.2) is 59.5 Å². The van der Waals surface area contributed by atoms with Gasteiger partial charge >= 0.3 is 0 Å². The highest BCUT2D eigenvalue weighted by Crippen LogP contribution is 2.27. The fourth-order valence-electron chi connectivity index (χ4n) is 3.66. The SMILES string of the molecule is Cc1cc(C)c(S(=O)(=O)N(CC(=O)Nc2ccc(F)c(F)c2)Cc2ccc(Cl)cc2)c(C)c1. The van der Waals surface area contributed by atoms with Crippen molar-refractivity contribution in [2.45, 2.75) is 32.2 Å². The van der Waals surface area contributed by atoms with Crippen LogP contribution in [0.5, 0.6) is 0 Å². The topological polar surface area (TPSA) is 66.5 Å². The van der Waals surface area contributed by atoms with E-state index in [4.69, 9.17) is 11.6 Å². The maximum absolute atomic E-state index is 13.7. The molecule has 3 aromatic rings. The summed E-state index contributed by atoms with van der Waals surface area (Å²) in [7, 11) is -4.08. The number of hydrogen-bond donors (Lipinski definition) is 1. The molecule has 3 rings (SSSR count). The van der Waals surface area contributed by atoms with Crippen LogP contribution in [0.4, 0.5) is 14.5 Å². The Bertz CT molecular complexity index is 1270. The van der Waals surface area contributed by atoms with Crippen LogP contribution in [0.2, 0.25) is 5.02 Å². The number of nitrogens with one attached hydrogen (secondary N) is 1. The molecule has 1 N–H and O–H groups in total. The van der Waals surface area contributed by atoms with Crippen molar-refractivity contribution in [2.24, 2.45) is 0 Å². The summed E-state index contributed by atoms with van der Waals surface area (Å²) in [4.78, 5) is 12.8. The normalized spacial score (nSPS) is 11.6. The van der Waals surface area contributed by atoms with Crippen LogP contribution < -0.4 is 5.32 Å². The molecule has 0 atom stereocenters. The molecule has 0 spiro atoms. The Hall–Kier alpha value is -2.81. The molecule has 1 amide bonds. The van der Waals surface area contributed by atoms with E-state index in [1.54, 1.807) is 50.2 Å². The Balaban J connectivity index is 1.95. The van der Waals surface area contributed by atoms with Crippen molar-refractivity contribution >= 4 is 33.2 Å². The van der Waals surface area contributed by atoms with E-state index in [1.807, 2.05) is 6.92 Å². The van der Waals surface area contributed by atoms with Crippen molar-refractivity contribution in [3.8, 4) is 0 Å². The smallest absolute Gasteiger partial charge is 0.244 e. The number of benzene rings is 3. The largest absolute Gasteiger partial charge is 0.325 e. The molecule has 0 bridgehead atoms. The van der Waals surface area contributed by atoms with Gasteiger partial charge in [0.1, 0.15) is 0 Å². The number of hydrogen-bond acceptors (Lipinski definition) is 3. The molecular formula is C24H23ClF2N2O3S. The van der Waals surface area contributed by atoms with Crippen LogP contribution in [-0.2, 0) is 21.4 Å². The highest BCUT2D eigenvalue weighted by molar-refractivity contribution is 7.89. The first-order valence-electron chi connectivity index (χ1n) is 10.0. The van der Waals surface area contributed by atoms with Gasteiger partial charge in [0.15, 0.2) is 11.6 Å². The minimum Gasteiger partial charge on any atom is -0.325 e. The van der Waals surface area contributed by atoms with Crippen LogP contribution in [0, 0.1) is 32.4 Å². The van der Waals surface area contributed by atoms with Gasteiger partial charge < -0.3 is 5.32 Å². The number of nitrogens with zero attached hydrogens (tertiary/aromatic N) is 1. The van der Waals surface area contributed by atoms with E-state index in [0.29, 0.717) is 21.7 Å². The van der Waals surface area contributed by atoms with Crippen molar-refractivity contribution in [3.05, 3.63) is 93.5 Å². The molecule has 33 heavy (non-hydrogen) atoms. The van der Waals surface area contributed by atoms with Crippen molar-refractivity contribution in [1.82, 2.24) is 4.31 Å². The number of sulfonamides is 1. The zero-order valence-corrected chi connectivity index (χ0v) is 19.9. The molecule has 0 saturated heterocycles. The van der Waals surface area contributed by atoms with E-state index >= 15 is 0 Å². The average molecular weight is 493 g/mol. The summed E-state index contributed by atoms with van der Waals surface area (Å²) in [5.74, 6) is -2.87. The molecule has 0 aromatic heterocycles. The van der Waals surface area contributed by atoms with E-state index in [-0.39, 0.29) is 17.1 Å². The predicted molar refractivity (Wildman–Crippen MR) is 125 cm³/mol. The van der Waals surface area contributed by atoms with Gasteiger partial charge in [-0.05, 0) is 61.7 Å². The summed E-state index contributed by atoms with van der Waals surface area (Å²) in [6.45, 7) is 4.66. The van der Waals surface area contributed by atoms with E-state index in [1.165, 1.54) is 6.07 Å². The number of halogens is 3. The summed E-state index contributed by atoms with van der Waals surface area (Å²) in [5.41, 5.74) is 2.70. The minimum atomic E-state index is -4.08. The van der Waals surface area contributed by atoms with Crippen LogP contribution in [0.25, 0.3) is 0 Å². The van der Waals surface area contributed by atoms with Crippen LogP contribution in [0.1, 0.15) is 22.3 Å². The quantitative estimate of drug-likeness (QED) is 0.482. The predicted octanol–water partition coefficient (Wildman–Crippen LogP) is 5.37. The maximum atomic E-state index is 13.7. The van der Waals surface area contributed by atoms with Crippen molar-refractivity contribution in [2.75, 3.05) is 11.9 Å². The zero-order chi connectivity index (χ0) is 24.3. The lowest BCUT2D eigenvalue weighted by molar-refractivity contribution is -0.116. The monoisotopic (exact) mass is 492 g/mol. The number of rotatable bonds is 7. The Labute approximate surface area is 197 Å². The van der Waals surface area contributed by atoms with Crippen molar-refractivity contribution in [1.29, 1.82) is 0 Å². The lowest BCUT2D eigenvalue weighted by Gasteiger charge is -2.24. The van der Waals surface area contributed by atoms with Crippen molar-refractivity contribution in [3.63, 3.8) is 0 Å². The fourth-order valence-corrected chi connectivity index (χ4v) is 5.58. The van der Waals surface area contributed by atoms with Crippen LogP contribution in [0.3, 0.4) is 0 Å². The second kappa shape index (κ2) is 9.99. The van der Waals surface area contributed by atoms with Gasteiger partial charge in [-0.2, -0.15) is 4.31 Å². The second-order valence-corrected chi connectivity index (χ2v) is 10.1. The average Bonchev–Trinajstić information content (AvgIpc) is 2.71. The van der Waals surface area contributed by atoms with Gasteiger partial charge in [-0.15, -0.1) is 0 Å². The van der Waals surface area contributed by atoms with E-state index in [9.17, 15) is 22.0 Å². The van der Waals surface area contributed by atoms with Gasteiger partial charge in [-0.1, -0.05) is 41.4 Å². The summed E-state index contributed by atoms with van der Waals surface area (Å²) in [6, 6.07) is 13.1. The Morgan fingerprint density at radius 3 is 2.12 bits per heavy atom. The van der Waals surface area contributed by atoms with Gasteiger partial charge in [-0.25, -0.2) is 17.2 Å². The summed E-state index contributed by atoms with van der Waals surface area (Å²) in [5, 5.41) is 2.92. The third-order valence-corrected chi connectivity index (χ3v) is 7.35. The van der Waals surface area contributed by atoms with Gasteiger partial charge in [-0.3, -0.25) is 4.79 Å². The number of carbonyl (C=O) groups is 1. The summed E-state index contributed by atoms with van der Waals surface area (Å²) in [6.07, 6.45) is 0. The molecule has 0 fully saturated rings. The van der Waals surface area contributed by atoms with Gasteiger partial charge in [0.05, 0.1) is 11.4 Å². The molecule has 5 nitrogen and oxygen atoms in total. The molecule has 3 aromatic carbocycles. The molecular weight excluding hydrogens is 470 g/mol. The zero-order valence-electron chi connectivity index (χ0n) is 18.3. The Morgan fingerprint density at radius 1 is 0.939 bits per heavy atom. The molecule has 9 heteroatoms. The first-order chi connectivity index (χ1) is 15.5. The lowest BCUT2D eigenvalue weighted by Crippen LogP contribution is -2.38. The number of anilines is 1. The highest BCUT2D eigenvalue weighted by atomic mass is 35.5. The lowest BCUT2D eigenvalue weighted by atomic mass is 10.1. The number of amides is 1. The first kappa shape index (κ1) is 24.8. The molecule has 174 valence electrons. The first-order valence-corrected chi connectivity index (χ1v) is 11.9. The fraction of sp³-hybridized carbons (Fsp3) is 0.208. The third kappa shape index (κ3) is 5.96. The number of aryl methyl sites for hydroxylation is 3. The van der Waals surface area contributed by atoms with E-state index in [2.05, 4.69) is 5.32 Å². The van der Waals surface area contributed by atoms with Gasteiger partial charge in [0.2, 0.25) is 15.9 Å². The minimum absolute atomic E-state index is 0.0189. The molecule has 0 saturated carbocycles. The molecule has 0 unspecified atom stereocenters. The summed E-state index contributed by atoms with van der Waals surface area (Å²) >= 11 is 5.94. The Morgan fingerprint density at radius 2 is 1.55 bits per heavy atom. The highest BCUT2D eigenvalue weighted by Gasteiger charge is 2.30. The molecule has 0 radical (unpaired) electrons. The standard InChI is InChI=1S/C24H23ClF2N2O3S/c1-15-10-16(2)24(17(3)11-15)33(31,32)29(13-18-4-6-19(25)7-5-18)14-23(30)28-20-8-9-21(26)22(27)12-20/h4-12H,13-14H2,1-3H3,(H,28,30). The maximum Gasteiger partial charge on any atom is 0.244 e. The molecule has 0 aliphatic heterocycles. The summed E-state index contributed by atoms with van der Waals surface area (Å²) < 4.78 is 55.0. The molecule has 0 aliphatic rings. The third-order valence-electron chi connectivity index (χ3n) is 5.00. The van der Waals surface area contributed by atoms with Gasteiger partial charge in [0, 0.05) is 23.3 Å². The Kier molecular flexibility index (Phi) is 7.51. The molecule has 0 aliphatic carbocycles. The van der Waals surface area contributed by atoms with Crippen LogP contribution in [-0.4, -0.2) is 25.2 Å². The second-order valence-electron chi connectivity index (χ2n) is 7.80. The van der Waals surface area contributed by atoms with Gasteiger partial charge in [0.25, 0.3) is 0 Å². The molecule has 0 heterocycles. The van der Waals surface area contributed by atoms with E-state index in [0.717, 1.165) is 22.0 Å². The number of carbonyl (C=O) groups excluding carboxylic acids is 1. The van der Waals surface area contributed by atoms with E-state index < -0.39 is 34.1 Å². The van der Waals surface area contributed by atoms with Crippen molar-refractivity contribution < 1.29 is 22.0 Å².